The molecule has 3 fully saturated rings. The van der Waals surface area contributed by atoms with Gasteiger partial charge in [0.1, 0.15) is 0 Å². The number of nitrogens with two attached hydrogens (primary N) is 1. The van der Waals surface area contributed by atoms with Crippen molar-refractivity contribution in [2.75, 3.05) is 32.7 Å². The van der Waals surface area contributed by atoms with E-state index in [9.17, 15) is 0 Å². The van der Waals surface area contributed by atoms with Gasteiger partial charge in [0.15, 0.2) is 0 Å². The van der Waals surface area contributed by atoms with E-state index in [4.69, 9.17) is 5.73 Å². The SMILES string of the molecule is NCC(c1cncn1C1CC1)N1CCN2CCCC2C1. The molecule has 0 amide bonds. The van der Waals surface area contributed by atoms with Crippen LogP contribution in [0.5, 0.6) is 0 Å². The predicted molar refractivity (Wildman–Crippen MR) is 78.5 cm³/mol. The van der Waals surface area contributed by atoms with Crippen molar-refractivity contribution < 1.29 is 0 Å². The second-order valence-corrected chi connectivity index (χ2v) is 6.54. The Morgan fingerprint density at radius 2 is 2.10 bits per heavy atom. The second-order valence-electron chi connectivity index (χ2n) is 6.54. The summed E-state index contributed by atoms with van der Waals surface area (Å²) in [5.74, 6) is 0. The van der Waals surface area contributed by atoms with Gasteiger partial charge in [-0.05, 0) is 32.2 Å². The summed E-state index contributed by atoms with van der Waals surface area (Å²) in [6.45, 7) is 5.53. The van der Waals surface area contributed by atoms with Crippen molar-refractivity contribution >= 4 is 0 Å². The molecule has 0 bridgehead atoms. The minimum atomic E-state index is 0.348. The van der Waals surface area contributed by atoms with Gasteiger partial charge < -0.3 is 10.3 Å². The number of imidazole rings is 1. The van der Waals surface area contributed by atoms with Crippen LogP contribution in [0.25, 0.3) is 0 Å². The van der Waals surface area contributed by atoms with E-state index in [0.29, 0.717) is 18.6 Å². The van der Waals surface area contributed by atoms with Crippen molar-refractivity contribution in [3.8, 4) is 0 Å². The molecule has 0 radical (unpaired) electrons. The summed E-state index contributed by atoms with van der Waals surface area (Å²) in [4.78, 5) is 9.64. The van der Waals surface area contributed by atoms with Crippen LogP contribution in [0.3, 0.4) is 0 Å². The number of hydrogen-bond acceptors (Lipinski definition) is 4. The number of nitrogens with zero attached hydrogens (tertiary/aromatic N) is 4. The van der Waals surface area contributed by atoms with Crippen molar-refractivity contribution in [1.29, 1.82) is 0 Å². The molecule has 3 heterocycles. The van der Waals surface area contributed by atoms with Crippen molar-refractivity contribution in [3.63, 3.8) is 0 Å². The summed E-state index contributed by atoms with van der Waals surface area (Å²) in [7, 11) is 0. The molecule has 1 aromatic heterocycles. The molecule has 2 unspecified atom stereocenters. The maximum absolute atomic E-state index is 6.13. The second kappa shape index (κ2) is 5.13. The van der Waals surface area contributed by atoms with Crippen LogP contribution in [-0.4, -0.2) is 58.1 Å². The molecule has 1 saturated carbocycles. The molecule has 2 atom stereocenters. The van der Waals surface area contributed by atoms with Gasteiger partial charge in [-0.15, -0.1) is 0 Å². The number of hydrogen-bond donors (Lipinski definition) is 1. The zero-order chi connectivity index (χ0) is 13.5. The van der Waals surface area contributed by atoms with Crippen LogP contribution >= 0.6 is 0 Å². The van der Waals surface area contributed by atoms with Crippen LogP contribution in [0.2, 0.25) is 0 Å². The fraction of sp³-hybridized carbons (Fsp3) is 0.800. The van der Waals surface area contributed by atoms with E-state index < -0.39 is 0 Å². The average Bonchev–Trinajstić information content (AvgIpc) is 3.02. The Balaban J connectivity index is 1.53. The van der Waals surface area contributed by atoms with E-state index in [1.165, 1.54) is 51.0 Å². The molecule has 20 heavy (non-hydrogen) atoms. The summed E-state index contributed by atoms with van der Waals surface area (Å²) >= 11 is 0. The zero-order valence-electron chi connectivity index (χ0n) is 12.1. The van der Waals surface area contributed by atoms with E-state index in [0.717, 1.165) is 12.6 Å². The largest absolute Gasteiger partial charge is 0.330 e. The van der Waals surface area contributed by atoms with Crippen molar-refractivity contribution in [2.45, 2.75) is 43.8 Å². The third kappa shape index (κ3) is 2.18. The molecule has 2 saturated heterocycles. The lowest BCUT2D eigenvalue weighted by Crippen LogP contribution is -2.52. The van der Waals surface area contributed by atoms with E-state index in [2.05, 4.69) is 19.4 Å². The van der Waals surface area contributed by atoms with Gasteiger partial charge in [-0.25, -0.2) is 4.98 Å². The molecule has 110 valence electrons. The average molecular weight is 275 g/mol. The monoisotopic (exact) mass is 275 g/mol. The van der Waals surface area contributed by atoms with Gasteiger partial charge in [-0.2, -0.15) is 0 Å². The van der Waals surface area contributed by atoms with Gasteiger partial charge in [0.05, 0.1) is 18.1 Å². The quantitative estimate of drug-likeness (QED) is 0.890. The Kier molecular flexibility index (Phi) is 3.28. The highest BCUT2D eigenvalue weighted by Crippen LogP contribution is 2.38. The minimum absolute atomic E-state index is 0.348. The first kappa shape index (κ1) is 12.8. The fourth-order valence-corrected chi connectivity index (χ4v) is 3.99. The highest BCUT2D eigenvalue weighted by atomic mass is 15.3. The molecule has 1 aliphatic carbocycles. The topological polar surface area (TPSA) is 50.3 Å². The van der Waals surface area contributed by atoms with Crippen molar-refractivity contribution in [3.05, 3.63) is 18.2 Å². The molecular weight excluding hydrogens is 250 g/mol. The lowest BCUT2D eigenvalue weighted by molar-refractivity contribution is 0.0711. The lowest BCUT2D eigenvalue weighted by Gasteiger charge is -2.41. The first-order chi connectivity index (χ1) is 9.86. The molecule has 2 aliphatic heterocycles. The Hall–Kier alpha value is -0.910. The molecule has 2 N–H and O–H groups in total. The van der Waals surface area contributed by atoms with Gasteiger partial charge in [-0.3, -0.25) is 9.80 Å². The number of fused-ring (bicyclic) bond motifs is 1. The van der Waals surface area contributed by atoms with Crippen molar-refractivity contribution in [2.24, 2.45) is 5.73 Å². The van der Waals surface area contributed by atoms with Gasteiger partial charge in [0, 0.05) is 44.5 Å². The molecule has 4 rings (SSSR count). The maximum Gasteiger partial charge on any atom is 0.0951 e. The summed E-state index contributed by atoms with van der Waals surface area (Å²) < 4.78 is 2.37. The molecule has 0 aromatic carbocycles. The summed E-state index contributed by atoms with van der Waals surface area (Å²) in [6.07, 6.45) is 9.37. The van der Waals surface area contributed by atoms with E-state index >= 15 is 0 Å². The first-order valence-corrected chi connectivity index (χ1v) is 8.06. The van der Waals surface area contributed by atoms with Crippen LogP contribution in [0.4, 0.5) is 0 Å². The lowest BCUT2D eigenvalue weighted by atomic mass is 10.1. The smallest absolute Gasteiger partial charge is 0.0951 e. The van der Waals surface area contributed by atoms with E-state index in [1.807, 2.05) is 12.5 Å². The summed E-state index contributed by atoms with van der Waals surface area (Å²) in [6, 6.07) is 1.80. The molecule has 0 spiro atoms. The highest BCUT2D eigenvalue weighted by molar-refractivity contribution is 5.11. The van der Waals surface area contributed by atoms with Crippen LogP contribution in [0.1, 0.15) is 43.5 Å². The third-order valence-corrected chi connectivity index (χ3v) is 5.26. The Morgan fingerprint density at radius 3 is 2.90 bits per heavy atom. The Bertz CT molecular complexity index is 467. The third-order valence-electron chi connectivity index (χ3n) is 5.26. The Labute approximate surface area is 120 Å². The van der Waals surface area contributed by atoms with Crippen LogP contribution < -0.4 is 5.73 Å². The predicted octanol–water partition coefficient (Wildman–Crippen LogP) is 0.998. The number of aromatic nitrogens is 2. The van der Waals surface area contributed by atoms with Crippen LogP contribution in [0, 0.1) is 0 Å². The Morgan fingerprint density at radius 1 is 1.20 bits per heavy atom. The van der Waals surface area contributed by atoms with Gasteiger partial charge in [-0.1, -0.05) is 0 Å². The van der Waals surface area contributed by atoms with E-state index in [-0.39, 0.29) is 0 Å². The minimum Gasteiger partial charge on any atom is -0.330 e. The van der Waals surface area contributed by atoms with E-state index in [1.54, 1.807) is 0 Å². The van der Waals surface area contributed by atoms with Crippen LogP contribution in [0.15, 0.2) is 12.5 Å². The molecule has 5 heteroatoms. The highest BCUT2D eigenvalue weighted by Gasteiger charge is 2.35. The number of piperazine rings is 1. The maximum atomic E-state index is 6.13. The molecule has 5 nitrogen and oxygen atoms in total. The summed E-state index contributed by atoms with van der Waals surface area (Å²) in [5, 5.41) is 0. The van der Waals surface area contributed by atoms with Gasteiger partial charge in [0.25, 0.3) is 0 Å². The molecule has 3 aliphatic rings. The van der Waals surface area contributed by atoms with Crippen LogP contribution in [-0.2, 0) is 0 Å². The first-order valence-electron chi connectivity index (χ1n) is 8.06. The zero-order valence-corrected chi connectivity index (χ0v) is 12.1. The van der Waals surface area contributed by atoms with Crippen molar-refractivity contribution in [1.82, 2.24) is 19.4 Å². The fourth-order valence-electron chi connectivity index (χ4n) is 3.99. The standard InChI is InChI=1S/C15H25N5/c16-8-14(15-9-17-11-20(15)12-3-4-12)19-7-6-18-5-1-2-13(18)10-19/h9,11-14H,1-8,10,16H2. The summed E-state index contributed by atoms with van der Waals surface area (Å²) in [5.41, 5.74) is 7.46. The molecule has 1 aromatic rings. The van der Waals surface area contributed by atoms with Gasteiger partial charge in [0.2, 0.25) is 0 Å². The molecular formula is C15H25N5. The van der Waals surface area contributed by atoms with Gasteiger partial charge >= 0.3 is 0 Å². The normalized spacial score (nSPS) is 29.6. The number of rotatable bonds is 4.